The molecular weight excluding hydrogens is 378 g/mol. The highest BCUT2D eigenvalue weighted by molar-refractivity contribution is 7.17. The summed E-state index contributed by atoms with van der Waals surface area (Å²) in [6.07, 6.45) is 0. The molecule has 136 valence electrons. The third-order valence-corrected chi connectivity index (χ3v) is 5.85. The molecule has 0 aliphatic carbocycles. The van der Waals surface area contributed by atoms with Crippen LogP contribution in [0.15, 0.2) is 64.8 Å². The van der Waals surface area contributed by atoms with Crippen molar-refractivity contribution in [2.24, 2.45) is 0 Å². The van der Waals surface area contributed by atoms with Crippen molar-refractivity contribution >= 4 is 33.2 Å². The number of aromatic nitrogens is 2. The Morgan fingerprint density at radius 2 is 1.85 bits per heavy atom. The van der Waals surface area contributed by atoms with Gasteiger partial charge >= 0.3 is 0 Å². The molecule has 4 aromatic rings. The van der Waals surface area contributed by atoms with Crippen LogP contribution in [-0.2, 0) is 6.54 Å². The van der Waals surface area contributed by atoms with E-state index in [-0.39, 0.29) is 11.6 Å². The Hall–Kier alpha value is -2.47. The maximum absolute atomic E-state index is 12.7. The Morgan fingerprint density at radius 1 is 1.11 bits per heavy atom. The van der Waals surface area contributed by atoms with E-state index in [1.54, 1.807) is 0 Å². The zero-order chi connectivity index (χ0) is 18.8. The van der Waals surface area contributed by atoms with E-state index in [0.29, 0.717) is 22.8 Å². The second kappa shape index (κ2) is 7.64. The molecule has 3 N–H and O–H groups in total. The summed E-state index contributed by atoms with van der Waals surface area (Å²) in [7, 11) is 0. The summed E-state index contributed by atoms with van der Waals surface area (Å²) in [4.78, 5) is 21.1. The zero-order valence-corrected chi connectivity index (χ0v) is 16.3. The minimum absolute atomic E-state index is 0.119. The summed E-state index contributed by atoms with van der Waals surface area (Å²) in [5.41, 5.74) is 2.82. The Labute approximate surface area is 165 Å². The number of nitrogens with one attached hydrogen (secondary N) is 1. The Kier molecular flexibility index (Phi) is 5.07. The average molecular weight is 397 g/mol. The number of hydrogen-bond donors (Lipinski definition) is 2. The van der Waals surface area contributed by atoms with Crippen LogP contribution in [-0.4, -0.2) is 9.97 Å². The van der Waals surface area contributed by atoms with Crippen LogP contribution >= 0.6 is 22.9 Å². The van der Waals surface area contributed by atoms with Crippen molar-refractivity contribution in [1.82, 2.24) is 9.97 Å². The lowest BCUT2D eigenvalue weighted by atomic mass is 10.1. The van der Waals surface area contributed by atoms with Crippen molar-refractivity contribution in [3.8, 4) is 11.1 Å². The van der Waals surface area contributed by atoms with E-state index in [4.69, 9.17) is 11.6 Å². The molecule has 0 amide bonds. The minimum atomic E-state index is -0.119. The van der Waals surface area contributed by atoms with Crippen molar-refractivity contribution in [2.75, 3.05) is 0 Å². The molecule has 2 aromatic carbocycles. The van der Waals surface area contributed by atoms with E-state index in [9.17, 15) is 4.79 Å². The predicted molar refractivity (Wildman–Crippen MR) is 111 cm³/mol. The Balaban J connectivity index is 1.62. The molecule has 2 heterocycles. The molecule has 0 saturated carbocycles. The summed E-state index contributed by atoms with van der Waals surface area (Å²) in [6.45, 7) is 2.76. The fourth-order valence-electron chi connectivity index (χ4n) is 3.15. The van der Waals surface area contributed by atoms with Crippen LogP contribution in [0.5, 0.6) is 0 Å². The molecule has 0 radical (unpaired) electrons. The summed E-state index contributed by atoms with van der Waals surface area (Å²) in [6, 6.07) is 18.1. The number of thiophene rings is 1. The van der Waals surface area contributed by atoms with Gasteiger partial charge in [-0.3, -0.25) is 4.79 Å². The van der Waals surface area contributed by atoms with Gasteiger partial charge in [-0.2, -0.15) is 0 Å². The van der Waals surface area contributed by atoms with E-state index in [1.807, 2.05) is 47.8 Å². The average Bonchev–Trinajstić information content (AvgIpc) is 3.11. The maximum atomic E-state index is 12.7. The van der Waals surface area contributed by atoms with Gasteiger partial charge in [-0.05, 0) is 13.0 Å². The van der Waals surface area contributed by atoms with E-state index < -0.39 is 0 Å². The van der Waals surface area contributed by atoms with Gasteiger partial charge < -0.3 is 10.3 Å². The summed E-state index contributed by atoms with van der Waals surface area (Å²) in [5.74, 6) is 0.683. The number of benzene rings is 2. The number of fused-ring (bicyclic) bond motifs is 1. The largest absolute Gasteiger partial charge is 0.334 e. The van der Waals surface area contributed by atoms with Crippen LogP contribution < -0.4 is 10.9 Å². The molecule has 4 nitrogen and oxygen atoms in total. The summed E-state index contributed by atoms with van der Waals surface area (Å²) in [5, 5.41) is 5.36. The lowest BCUT2D eigenvalue weighted by molar-refractivity contribution is -0.708. The van der Waals surface area contributed by atoms with E-state index in [0.717, 1.165) is 16.0 Å². The molecule has 0 unspecified atom stereocenters. The topological polar surface area (TPSA) is 62.4 Å². The van der Waals surface area contributed by atoms with Gasteiger partial charge in [0, 0.05) is 27.1 Å². The first-order valence-electron chi connectivity index (χ1n) is 8.77. The molecule has 0 saturated heterocycles. The second-order valence-corrected chi connectivity index (χ2v) is 7.73. The van der Waals surface area contributed by atoms with Gasteiger partial charge in [-0.1, -0.05) is 60.1 Å². The zero-order valence-electron chi connectivity index (χ0n) is 14.8. The molecule has 4 rings (SSSR count). The summed E-state index contributed by atoms with van der Waals surface area (Å²) >= 11 is 7.78. The lowest BCUT2D eigenvalue weighted by Gasteiger charge is -2.10. The number of nitrogens with zero attached hydrogens (tertiary/aromatic N) is 1. The highest BCUT2D eigenvalue weighted by atomic mass is 35.5. The fraction of sp³-hybridized carbons (Fsp3) is 0.143. The number of nitrogens with two attached hydrogens (primary N) is 1. The van der Waals surface area contributed by atoms with E-state index in [2.05, 4.69) is 34.3 Å². The van der Waals surface area contributed by atoms with Gasteiger partial charge in [0.05, 0.1) is 5.39 Å². The predicted octanol–water partition coefficient (Wildman–Crippen LogP) is 4.13. The maximum Gasteiger partial charge on any atom is 0.260 e. The number of hydrogen-bond acceptors (Lipinski definition) is 3. The van der Waals surface area contributed by atoms with Gasteiger partial charge in [0.25, 0.3) is 5.56 Å². The highest BCUT2D eigenvalue weighted by Gasteiger charge is 2.16. The van der Waals surface area contributed by atoms with Crippen molar-refractivity contribution in [2.45, 2.75) is 19.5 Å². The van der Waals surface area contributed by atoms with Crippen molar-refractivity contribution < 1.29 is 5.32 Å². The first-order valence-corrected chi connectivity index (χ1v) is 10.0. The molecule has 1 atom stereocenters. The monoisotopic (exact) mass is 396 g/mol. The molecule has 0 spiro atoms. The molecule has 0 aliphatic heterocycles. The van der Waals surface area contributed by atoms with E-state index >= 15 is 0 Å². The number of quaternary nitrogens is 1. The first kappa shape index (κ1) is 17.9. The smallest absolute Gasteiger partial charge is 0.260 e. The van der Waals surface area contributed by atoms with Crippen LogP contribution in [0.3, 0.4) is 0 Å². The van der Waals surface area contributed by atoms with Crippen molar-refractivity contribution in [1.29, 1.82) is 0 Å². The number of aromatic amines is 1. The lowest BCUT2D eigenvalue weighted by Crippen LogP contribution is -2.83. The van der Waals surface area contributed by atoms with Crippen LogP contribution in [0, 0.1) is 0 Å². The minimum Gasteiger partial charge on any atom is -0.334 e. The standard InChI is InChI=1S/C21H18ClN3OS/c1-13(14-7-3-2-4-8-14)23-11-18-24-20(26)19-16(12-27-21(19)25-18)15-9-5-6-10-17(15)22/h2-10,12-13,23H,11H2,1H3,(H,24,25,26)/p+1/t13-/m1/s1. The third-order valence-electron chi connectivity index (χ3n) is 4.65. The Bertz CT molecular complexity index is 1140. The second-order valence-electron chi connectivity index (χ2n) is 6.46. The van der Waals surface area contributed by atoms with Crippen LogP contribution in [0.25, 0.3) is 21.3 Å². The first-order chi connectivity index (χ1) is 13.1. The number of rotatable bonds is 5. The molecule has 0 fully saturated rings. The Morgan fingerprint density at radius 3 is 2.63 bits per heavy atom. The molecule has 27 heavy (non-hydrogen) atoms. The van der Waals surface area contributed by atoms with Gasteiger partial charge in [-0.25, -0.2) is 4.98 Å². The molecular formula is C21H19ClN3OS+. The molecule has 6 heteroatoms. The van der Waals surface area contributed by atoms with Gasteiger partial charge in [0.1, 0.15) is 17.4 Å². The molecule has 0 aliphatic rings. The SMILES string of the molecule is C[C@@H]([NH2+]Cc1nc2scc(-c3ccccc3Cl)c2c(=O)[nH]1)c1ccccc1. The fourth-order valence-corrected chi connectivity index (χ4v) is 4.34. The van der Waals surface area contributed by atoms with Gasteiger partial charge in [0.2, 0.25) is 0 Å². The molecule has 0 bridgehead atoms. The van der Waals surface area contributed by atoms with E-state index in [1.165, 1.54) is 16.9 Å². The van der Waals surface area contributed by atoms with Crippen LogP contribution in [0.2, 0.25) is 5.02 Å². The quantitative estimate of drug-likeness (QED) is 0.532. The summed E-state index contributed by atoms with van der Waals surface area (Å²) < 4.78 is 0. The number of H-pyrrole nitrogens is 1. The van der Waals surface area contributed by atoms with Gasteiger partial charge in [0.15, 0.2) is 5.82 Å². The van der Waals surface area contributed by atoms with Crippen molar-refractivity contribution in [3.63, 3.8) is 0 Å². The highest BCUT2D eigenvalue weighted by Crippen LogP contribution is 2.34. The van der Waals surface area contributed by atoms with Crippen LogP contribution in [0.4, 0.5) is 0 Å². The van der Waals surface area contributed by atoms with Gasteiger partial charge in [-0.15, -0.1) is 11.3 Å². The van der Waals surface area contributed by atoms with Crippen molar-refractivity contribution in [3.05, 3.63) is 86.7 Å². The van der Waals surface area contributed by atoms with Crippen LogP contribution in [0.1, 0.15) is 24.4 Å². The third kappa shape index (κ3) is 3.67. The molecule has 2 aromatic heterocycles. The number of halogens is 1. The normalized spacial score (nSPS) is 12.4.